The van der Waals surface area contributed by atoms with Gasteiger partial charge in [0.1, 0.15) is 5.82 Å². The van der Waals surface area contributed by atoms with Crippen LogP contribution in [0.25, 0.3) is 5.57 Å². The molecular formula is C19H18FN3O. The van der Waals surface area contributed by atoms with E-state index in [0.29, 0.717) is 11.1 Å². The molecule has 0 saturated carbocycles. The van der Waals surface area contributed by atoms with Crippen LogP contribution >= 0.6 is 0 Å². The molecule has 2 aromatic carbocycles. The van der Waals surface area contributed by atoms with Crippen molar-refractivity contribution in [1.29, 1.82) is 0 Å². The van der Waals surface area contributed by atoms with Gasteiger partial charge in [-0.1, -0.05) is 24.3 Å². The summed E-state index contributed by atoms with van der Waals surface area (Å²) in [5, 5.41) is 0. The Labute approximate surface area is 139 Å². The van der Waals surface area contributed by atoms with Crippen LogP contribution in [0, 0.1) is 12.7 Å². The Hall–Kier alpha value is -2.95. The Kier molecular flexibility index (Phi) is 4.16. The third-order valence-corrected chi connectivity index (χ3v) is 4.05. The predicted molar refractivity (Wildman–Crippen MR) is 93.1 cm³/mol. The van der Waals surface area contributed by atoms with Crippen molar-refractivity contribution in [3.8, 4) is 0 Å². The van der Waals surface area contributed by atoms with Gasteiger partial charge in [-0.15, -0.1) is 0 Å². The van der Waals surface area contributed by atoms with Crippen LogP contribution in [0.2, 0.25) is 0 Å². The van der Waals surface area contributed by atoms with E-state index < -0.39 is 5.91 Å². The van der Waals surface area contributed by atoms with E-state index in [4.69, 9.17) is 11.5 Å². The maximum absolute atomic E-state index is 14.4. The van der Waals surface area contributed by atoms with E-state index >= 15 is 0 Å². The molecule has 0 bridgehead atoms. The van der Waals surface area contributed by atoms with E-state index in [0.717, 1.165) is 35.1 Å². The summed E-state index contributed by atoms with van der Waals surface area (Å²) in [6.45, 7) is 1.85. The quantitative estimate of drug-likeness (QED) is 0.658. The molecule has 1 aliphatic rings. The number of nitrogens with zero attached hydrogens (tertiary/aromatic N) is 1. The predicted octanol–water partition coefficient (Wildman–Crippen LogP) is 2.93. The number of amides is 1. The van der Waals surface area contributed by atoms with E-state index in [1.165, 1.54) is 6.07 Å². The van der Waals surface area contributed by atoms with Gasteiger partial charge in [-0.25, -0.2) is 4.39 Å². The lowest BCUT2D eigenvalue weighted by atomic mass is 9.85. The molecule has 2 aromatic rings. The number of carbonyl (C=O) groups excluding carboxylic acids is 1. The molecule has 0 aromatic heterocycles. The number of hydrogen-bond donors (Lipinski definition) is 2. The molecule has 0 radical (unpaired) electrons. The number of halogens is 1. The Morgan fingerprint density at radius 2 is 1.92 bits per heavy atom. The third-order valence-electron chi connectivity index (χ3n) is 4.05. The number of allylic oxidation sites excluding steroid dienone is 1. The van der Waals surface area contributed by atoms with Gasteiger partial charge in [0.25, 0.3) is 5.91 Å². The second kappa shape index (κ2) is 6.28. The normalized spacial score (nSPS) is 13.0. The first-order valence-corrected chi connectivity index (χ1v) is 7.69. The van der Waals surface area contributed by atoms with Crippen LogP contribution in [0.5, 0.6) is 0 Å². The zero-order chi connectivity index (χ0) is 17.3. The van der Waals surface area contributed by atoms with Crippen LogP contribution in [0.4, 0.5) is 4.39 Å². The van der Waals surface area contributed by atoms with Crippen molar-refractivity contribution in [2.75, 3.05) is 0 Å². The minimum Gasteiger partial charge on any atom is -0.370 e. The molecule has 1 amide bonds. The lowest BCUT2D eigenvalue weighted by molar-refractivity contribution is 0.100. The SMILES string of the molecule is Cc1ccc(C2=CCCc3ccc(C(=O)N=C(N)N)cc32)c(F)c1. The molecule has 0 aliphatic heterocycles. The van der Waals surface area contributed by atoms with E-state index in [-0.39, 0.29) is 11.8 Å². The zero-order valence-corrected chi connectivity index (χ0v) is 13.3. The highest BCUT2D eigenvalue weighted by molar-refractivity contribution is 6.02. The average molecular weight is 323 g/mol. The van der Waals surface area contributed by atoms with Gasteiger partial charge in [0.2, 0.25) is 0 Å². The van der Waals surface area contributed by atoms with Gasteiger partial charge in [0, 0.05) is 11.1 Å². The molecule has 0 unspecified atom stereocenters. The van der Waals surface area contributed by atoms with Crippen molar-refractivity contribution in [1.82, 2.24) is 0 Å². The molecule has 0 atom stereocenters. The van der Waals surface area contributed by atoms with E-state index in [9.17, 15) is 9.18 Å². The lowest BCUT2D eigenvalue weighted by Gasteiger charge is -2.19. The summed E-state index contributed by atoms with van der Waals surface area (Å²) in [5.74, 6) is -1.06. The first kappa shape index (κ1) is 15.9. The summed E-state index contributed by atoms with van der Waals surface area (Å²) in [4.78, 5) is 15.6. The van der Waals surface area contributed by atoms with Gasteiger partial charge < -0.3 is 11.5 Å². The summed E-state index contributed by atoms with van der Waals surface area (Å²) < 4.78 is 14.4. The van der Waals surface area contributed by atoms with Gasteiger partial charge in [0.15, 0.2) is 5.96 Å². The molecule has 5 heteroatoms. The van der Waals surface area contributed by atoms with Crippen molar-refractivity contribution < 1.29 is 9.18 Å². The second-order valence-electron chi connectivity index (χ2n) is 5.85. The molecule has 0 saturated heterocycles. The molecule has 122 valence electrons. The molecule has 4 N–H and O–H groups in total. The van der Waals surface area contributed by atoms with E-state index in [1.54, 1.807) is 18.2 Å². The fourth-order valence-corrected chi connectivity index (χ4v) is 2.94. The first-order valence-electron chi connectivity index (χ1n) is 7.69. The number of hydrogen-bond acceptors (Lipinski definition) is 1. The van der Waals surface area contributed by atoms with Crippen molar-refractivity contribution >= 4 is 17.4 Å². The van der Waals surface area contributed by atoms with E-state index in [1.807, 2.05) is 25.1 Å². The number of aryl methyl sites for hydroxylation is 2. The molecule has 24 heavy (non-hydrogen) atoms. The standard InChI is InChI=1S/C19H18FN3O/c1-11-5-8-15(17(20)9-11)14-4-2-3-12-6-7-13(10-16(12)14)18(24)23-19(21)22/h4-10H,2-3H2,1H3,(H4,21,22,23,24). The minimum absolute atomic E-state index is 0.268. The second-order valence-corrected chi connectivity index (χ2v) is 5.85. The van der Waals surface area contributed by atoms with E-state index in [2.05, 4.69) is 4.99 Å². The number of rotatable bonds is 2. The smallest absolute Gasteiger partial charge is 0.280 e. The highest BCUT2D eigenvalue weighted by Crippen LogP contribution is 2.34. The zero-order valence-electron chi connectivity index (χ0n) is 13.3. The van der Waals surface area contributed by atoms with Crippen LogP contribution in [0.3, 0.4) is 0 Å². The van der Waals surface area contributed by atoms with Crippen molar-refractivity contribution in [2.45, 2.75) is 19.8 Å². The van der Waals surface area contributed by atoms with Gasteiger partial charge in [-0.05, 0) is 60.2 Å². The highest BCUT2D eigenvalue weighted by atomic mass is 19.1. The minimum atomic E-state index is -0.507. The number of aliphatic imine (C=N–C) groups is 1. The Balaban J connectivity index is 2.09. The number of benzene rings is 2. The Bertz CT molecular complexity index is 880. The van der Waals surface area contributed by atoms with Crippen LogP contribution in [0.15, 0.2) is 47.5 Å². The summed E-state index contributed by atoms with van der Waals surface area (Å²) in [5.41, 5.74) is 15.0. The van der Waals surface area contributed by atoms with Crippen LogP contribution < -0.4 is 11.5 Å². The summed E-state index contributed by atoms with van der Waals surface area (Å²) in [6.07, 6.45) is 3.69. The number of guanidine groups is 1. The molecule has 0 heterocycles. The van der Waals surface area contributed by atoms with Gasteiger partial charge in [0.05, 0.1) is 0 Å². The molecule has 3 rings (SSSR count). The fraction of sp³-hybridized carbons (Fsp3) is 0.158. The summed E-state index contributed by atoms with van der Waals surface area (Å²) in [6, 6.07) is 10.5. The topological polar surface area (TPSA) is 81.5 Å². The largest absolute Gasteiger partial charge is 0.370 e. The molecule has 0 fully saturated rings. The van der Waals surface area contributed by atoms with Crippen molar-refractivity contribution in [2.24, 2.45) is 16.5 Å². The number of fused-ring (bicyclic) bond motifs is 1. The Morgan fingerprint density at radius 3 is 2.62 bits per heavy atom. The summed E-state index contributed by atoms with van der Waals surface area (Å²) >= 11 is 0. The lowest BCUT2D eigenvalue weighted by Crippen LogP contribution is -2.24. The molecular weight excluding hydrogens is 305 g/mol. The Morgan fingerprint density at radius 1 is 1.12 bits per heavy atom. The van der Waals surface area contributed by atoms with Crippen LogP contribution in [-0.2, 0) is 6.42 Å². The van der Waals surface area contributed by atoms with Gasteiger partial charge >= 0.3 is 0 Å². The molecule has 4 nitrogen and oxygen atoms in total. The van der Waals surface area contributed by atoms with Crippen LogP contribution in [-0.4, -0.2) is 11.9 Å². The maximum atomic E-state index is 14.4. The fourth-order valence-electron chi connectivity index (χ4n) is 2.94. The monoisotopic (exact) mass is 323 g/mol. The van der Waals surface area contributed by atoms with Gasteiger partial charge in [-0.2, -0.15) is 4.99 Å². The van der Waals surface area contributed by atoms with Gasteiger partial charge in [-0.3, -0.25) is 4.79 Å². The first-order chi connectivity index (χ1) is 11.5. The maximum Gasteiger partial charge on any atom is 0.280 e. The number of carbonyl (C=O) groups is 1. The average Bonchev–Trinajstić information content (AvgIpc) is 2.53. The van der Waals surface area contributed by atoms with Crippen molar-refractivity contribution in [3.63, 3.8) is 0 Å². The molecule has 1 aliphatic carbocycles. The summed E-state index contributed by atoms with van der Waals surface area (Å²) in [7, 11) is 0. The van der Waals surface area contributed by atoms with Crippen LogP contribution in [0.1, 0.15) is 39.0 Å². The van der Waals surface area contributed by atoms with Crippen molar-refractivity contribution in [3.05, 3.63) is 76.1 Å². The third kappa shape index (κ3) is 3.06. The number of nitrogens with two attached hydrogens (primary N) is 2. The molecule has 0 spiro atoms. The highest BCUT2D eigenvalue weighted by Gasteiger charge is 2.19.